The number of hydrogen-bond acceptors (Lipinski definition) is 1. The van der Waals surface area contributed by atoms with Gasteiger partial charge in [0, 0.05) is 18.1 Å². The maximum Gasteiger partial charge on any atom is 0.271 e. The Bertz CT molecular complexity index is 517. The molecule has 2 aromatic rings. The van der Waals surface area contributed by atoms with Crippen LogP contribution in [0.1, 0.15) is 12.5 Å². The van der Waals surface area contributed by atoms with Crippen LogP contribution in [0, 0.1) is 13.5 Å². The summed E-state index contributed by atoms with van der Waals surface area (Å²) in [4.78, 5) is 7.63. The third-order valence-corrected chi connectivity index (χ3v) is 2.36. The van der Waals surface area contributed by atoms with Crippen LogP contribution in [0.3, 0.4) is 0 Å². The fourth-order valence-electron chi connectivity index (χ4n) is 1.63. The molecule has 0 saturated heterocycles. The van der Waals surface area contributed by atoms with E-state index in [2.05, 4.69) is 34.4 Å². The Balaban J connectivity index is 2.79. The molecule has 3 nitrogen and oxygen atoms in total. The molecule has 0 bridgehead atoms. The lowest BCUT2D eigenvalue weighted by Gasteiger charge is -1.95. The summed E-state index contributed by atoms with van der Waals surface area (Å²) in [5.74, 6) is 0.463. The molecule has 0 aliphatic heterocycles. The highest BCUT2D eigenvalue weighted by Gasteiger charge is 2.09. The highest BCUT2D eigenvalue weighted by Crippen LogP contribution is 2.21. The number of aromatic nitrogens is 2. The van der Waals surface area contributed by atoms with E-state index in [-0.39, 0.29) is 0 Å². The monoisotopic (exact) mass is 185 g/mol. The van der Waals surface area contributed by atoms with Gasteiger partial charge in [-0.3, -0.25) is 0 Å². The Morgan fingerprint density at radius 1 is 1.50 bits per heavy atom. The molecule has 0 aliphatic carbocycles. The first-order valence-electron chi connectivity index (χ1n) is 4.60. The van der Waals surface area contributed by atoms with Gasteiger partial charge in [-0.15, -0.1) is 4.98 Å². The van der Waals surface area contributed by atoms with E-state index in [0.29, 0.717) is 5.82 Å². The first-order chi connectivity index (χ1) is 6.76. The van der Waals surface area contributed by atoms with Gasteiger partial charge in [0.1, 0.15) is 0 Å². The SMILES string of the molecule is [C-]#[N+]c1ccc2c(C)cn(CC)c2n1. The second-order valence-corrected chi connectivity index (χ2v) is 3.25. The Morgan fingerprint density at radius 2 is 2.29 bits per heavy atom. The molecule has 2 rings (SSSR count). The molecule has 70 valence electrons. The van der Waals surface area contributed by atoms with Crippen molar-refractivity contribution >= 4 is 16.9 Å². The molecule has 0 radical (unpaired) electrons. The highest BCUT2D eigenvalue weighted by atomic mass is 15.0. The van der Waals surface area contributed by atoms with Crippen LogP contribution in [0.5, 0.6) is 0 Å². The van der Waals surface area contributed by atoms with Crippen molar-refractivity contribution in [1.82, 2.24) is 9.55 Å². The van der Waals surface area contributed by atoms with Crippen molar-refractivity contribution in [1.29, 1.82) is 0 Å². The van der Waals surface area contributed by atoms with Crippen molar-refractivity contribution < 1.29 is 0 Å². The lowest BCUT2D eigenvalue weighted by molar-refractivity contribution is 0.786. The van der Waals surface area contributed by atoms with Gasteiger partial charge in [-0.25, -0.2) is 0 Å². The predicted molar refractivity (Wildman–Crippen MR) is 56.4 cm³/mol. The lowest BCUT2D eigenvalue weighted by Crippen LogP contribution is -1.92. The van der Waals surface area contributed by atoms with Crippen molar-refractivity contribution in [3.8, 4) is 0 Å². The molecule has 0 aliphatic rings. The van der Waals surface area contributed by atoms with Crippen LogP contribution in [0.25, 0.3) is 15.9 Å². The number of rotatable bonds is 1. The van der Waals surface area contributed by atoms with Gasteiger partial charge >= 0.3 is 0 Å². The number of fused-ring (bicyclic) bond motifs is 1. The molecule has 0 atom stereocenters. The minimum Gasteiger partial charge on any atom is -0.361 e. The van der Waals surface area contributed by atoms with E-state index < -0.39 is 0 Å². The second kappa shape index (κ2) is 3.15. The van der Waals surface area contributed by atoms with E-state index in [4.69, 9.17) is 6.57 Å². The average Bonchev–Trinajstić information content (AvgIpc) is 2.55. The summed E-state index contributed by atoms with van der Waals surface area (Å²) >= 11 is 0. The number of aryl methyl sites for hydroxylation is 2. The summed E-state index contributed by atoms with van der Waals surface area (Å²) in [6.07, 6.45) is 2.07. The largest absolute Gasteiger partial charge is 0.361 e. The quantitative estimate of drug-likeness (QED) is 0.626. The first-order valence-corrected chi connectivity index (χ1v) is 4.60. The molecule has 0 spiro atoms. The Hall–Kier alpha value is -1.82. The van der Waals surface area contributed by atoms with E-state index in [1.165, 1.54) is 5.56 Å². The predicted octanol–water partition coefficient (Wildman–Crippen LogP) is 2.92. The zero-order chi connectivity index (χ0) is 10.1. The summed E-state index contributed by atoms with van der Waals surface area (Å²) < 4.78 is 2.07. The van der Waals surface area contributed by atoms with Gasteiger partial charge in [0.15, 0.2) is 0 Å². The molecule has 0 amide bonds. The normalized spacial score (nSPS) is 10.4. The van der Waals surface area contributed by atoms with Crippen molar-refractivity contribution in [3.63, 3.8) is 0 Å². The van der Waals surface area contributed by atoms with Crippen LogP contribution in [-0.4, -0.2) is 9.55 Å². The average molecular weight is 185 g/mol. The van der Waals surface area contributed by atoms with E-state index in [0.717, 1.165) is 17.6 Å². The van der Waals surface area contributed by atoms with Gasteiger partial charge < -0.3 is 9.41 Å². The summed E-state index contributed by atoms with van der Waals surface area (Å²) in [5, 5.41) is 1.14. The third kappa shape index (κ3) is 1.16. The van der Waals surface area contributed by atoms with Gasteiger partial charge in [-0.05, 0) is 25.5 Å². The third-order valence-electron chi connectivity index (χ3n) is 2.36. The molecule has 0 N–H and O–H groups in total. The molecule has 14 heavy (non-hydrogen) atoms. The van der Waals surface area contributed by atoms with Crippen molar-refractivity contribution in [2.75, 3.05) is 0 Å². The zero-order valence-corrected chi connectivity index (χ0v) is 8.28. The number of nitrogens with zero attached hydrogens (tertiary/aromatic N) is 3. The summed E-state index contributed by atoms with van der Waals surface area (Å²) in [7, 11) is 0. The molecule has 2 aromatic heterocycles. The maximum atomic E-state index is 6.91. The topological polar surface area (TPSA) is 22.2 Å². The van der Waals surface area contributed by atoms with Crippen LogP contribution in [0.15, 0.2) is 18.3 Å². The first kappa shape index (κ1) is 8.76. The minimum atomic E-state index is 0.463. The van der Waals surface area contributed by atoms with Crippen molar-refractivity contribution in [2.24, 2.45) is 0 Å². The molecule has 2 heterocycles. The van der Waals surface area contributed by atoms with Crippen molar-refractivity contribution in [3.05, 3.63) is 35.3 Å². The standard InChI is InChI=1S/C11H11N3/c1-4-14-7-8(2)9-5-6-10(12-3)13-11(9)14/h5-7H,4H2,1-2H3. The van der Waals surface area contributed by atoms with Gasteiger partial charge in [-0.1, -0.05) is 12.6 Å². The van der Waals surface area contributed by atoms with E-state index in [1.807, 2.05) is 6.07 Å². The van der Waals surface area contributed by atoms with Crippen LogP contribution < -0.4 is 0 Å². The van der Waals surface area contributed by atoms with Gasteiger partial charge in [0.2, 0.25) is 5.65 Å². The molecule has 0 fully saturated rings. The summed E-state index contributed by atoms with van der Waals surface area (Å²) in [5.41, 5.74) is 2.13. The number of pyridine rings is 1. The highest BCUT2D eigenvalue weighted by molar-refractivity contribution is 5.81. The smallest absolute Gasteiger partial charge is 0.271 e. The molecular formula is C11H11N3. The van der Waals surface area contributed by atoms with E-state index >= 15 is 0 Å². The van der Waals surface area contributed by atoms with Gasteiger partial charge in [-0.2, -0.15) is 0 Å². The van der Waals surface area contributed by atoms with Crippen LogP contribution in [-0.2, 0) is 6.54 Å². The van der Waals surface area contributed by atoms with Crippen molar-refractivity contribution in [2.45, 2.75) is 20.4 Å². The zero-order valence-electron chi connectivity index (χ0n) is 8.28. The fraction of sp³-hybridized carbons (Fsp3) is 0.273. The fourth-order valence-corrected chi connectivity index (χ4v) is 1.63. The maximum absolute atomic E-state index is 6.91. The molecule has 0 saturated carbocycles. The lowest BCUT2D eigenvalue weighted by atomic mass is 10.2. The van der Waals surface area contributed by atoms with Gasteiger partial charge in [0.05, 0.1) is 0 Å². The molecular weight excluding hydrogens is 174 g/mol. The van der Waals surface area contributed by atoms with Crippen LogP contribution in [0.4, 0.5) is 5.82 Å². The summed E-state index contributed by atoms with van der Waals surface area (Å²) in [6, 6.07) is 3.74. The molecule has 3 heteroatoms. The van der Waals surface area contributed by atoms with Crippen LogP contribution >= 0.6 is 0 Å². The number of hydrogen-bond donors (Lipinski definition) is 0. The minimum absolute atomic E-state index is 0.463. The van der Waals surface area contributed by atoms with E-state index in [1.54, 1.807) is 6.07 Å². The summed E-state index contributed by atoms with van der Waals surface area (Å²) in [6.45, 7) is 11.9. The Labute approximate surface area is 82.8 Å². The van der Waals surface area contributed by atoms with Gasteiger partial charge in [0.25, 0.3) is 5.82 Å². The molecule has 0 aromatic carbocycles. The van der Waals surface area contributed by atoms with Crippen LogP contribution in [0.2, 0.25) is 0 Å². The Kier molecular flexibility index (Phi) is 1.97. The molecule has 0 unspecified atom stereocenters. The van der Waals surface area contributed by atoms with E-state index in [9.17, 15) is 0 Å². The Morgan fingerprint density at radius 3 is 2.93 bits per heavy atom. The second-order valence-electron chi connectivity index (χ2n) is 3.25.